The van der Waals surface area contributed by atoms with Crippen molar-refractivity contribution in [2.75, 3.05) is 7.05 Å². The van der Waals surface area contributed by atoms with Gasteiger partial charge in [0.25, 0.3) is 5.91 Å². The number of furan rings is 1. The van der Waals surface area contributed by atoms with Gasteiger partial charge in [0.05, 0.1) is 18.2 Å². The molecule has 1 amide bonds. The second-order valence-corrected chi connectivity index (χ2v) is 5.10. The molecule has 0 spiro atoms. The van der Waals surface area contributed by atoms with E-state index in [0.29, 0.717) is 17.7 Å². The molecular weight excluding hydrogens is 276 g/mol. The van der Waals surface area contributed by atoms with Gasteiger partial charge in [-0.3, -0.25) is 4.79 Å². The molecule has 0 bridgehead atoms. The zero-order chi connectivity index (χ0) is 15.5. The molecule has 3 rings (SSSR count). The molecule has 4 nitrogen and oxygen atoms in total. The van der Waals surface area contributed by atoms with Gasteiger partial charge in [-0.25, -0.2) is 0 Å². The van der Waals surface area contributed by atoms with Crippen molar-refractivity contribution >= 4 is 16.9 Å². The Morgan fingerprint density at radius 1 is 1.18 bits per heavy atom. The first-order chi connectivity index (χ1) is 10.7. The average Bonchev–Trinajstić information content (AvgIpc) is 2.96. The molecule has 0 atom stereocenters. The molecule has 2 aromatic carbocycles. The summed E-state index contributed by atoms with van der Waals surface area (Å²) >= 11 is 0. The van der Waals surface area contributed by atoms with Crippen LogP contribution in [0.4, 0.5) is 0 Å². The van der Waals surface area contributed by atoms with E-state index in [2.05, 4.69) is 0 Å². The molecule has 0 aliphatic heterocycles. The SMILES string of the molecule is CN(Cc1cc2ccccc2o1)C(=O)c1cccc(C#N)c1. The zero-order valence-electron chi connectivity index (χ0n) is 12.1. The van der Waals surface area contributed by atoms with Crippen molar-refractivity contribution in [2.24, 2.45) is 0 Å². The molecule has 108 valence electrons. The number of amides is 1. The van der Waals surface area contributed by atoms with E-state index >= 15 is 0 Å². The van der Waals surface area contributed by atoms with Crippen molar-refractivity contribution in [1.82, 2.24) is 4.90 Å². The standard InChI is InChI=1S/C18H14N2O2/c1-20(18(21)15-7-4-5-13(9-15)11-19)12-16-10-14-6-2-3-8-17(14)22-16/h2-10H,12H2,1H3. The summed E-state index contributed by atoms with van der Waals surface area (Å²) in [5, 5.41) is 9.93. The highest BCUT2D eigenvalue weighted by Gasteiger charge is 2.14. The monoisotopic (exact) mass is 290 g/mol. The molecule has 0 radical (unpaired) electrons. The van der Waals surface area contributed by atoms with E-state index in [-0.39, 0.29) is 5.91 Å². The molecule has 0 saturated heterocycles. The highest BCUT2D eigenvalue weighted by Crippen LogP contribution is 2.20. The average molecular weight is 290 g/mol. The van der Waals surface area contributed by atoms with Gasteiger partial charge in [-0.1, -0.05) is 24.3 Å². The van der Waals surface area contributed by atoms with Gasteiger partial charge in [-0.05, 0) is 30.3 Å². The predicted octanol–water partition coefficient (Wildman–Crippen LogP) is 3.58. The maximum absolute atomic E-state index is 12.4. The van der Waals surface area contributed by atoms with Crippen molar-refractivity contribution in [1.29, 1.82) is 5.26 Å². The summed E-state index contributed by atoms with van der Waals surface area (Å²) in [6.45, 7) is 0.379. The number of hydrogen-bond donors (Lipinski definition) is 0. The van der Waals surface area contributed by atoms with Crippen LogP contribution >= 0.6 is 0 Å². The Labute approximate surface area is 128 Å². The molecule has 3 aromatic rings. The van der Waals surface area contributed by atoms with E-state index in [4.69, 9.17) is 9.68 Å². The van der Waals surface area contributed by atoms with Crippen LogP contribution in [-0.4, -0.2) is 17.9 Å². The van der Waals surface area contributed by atoms with E-state index in [1.54, 1.807) is 36.2 Å². The molecular formula is C18H14N2O2. The molecule has 4 heteroatoms. The minimum Gasteiger partial charge on any atom is -0.459 e. The van der Waals surface area contributed by atoms with Crippen LogP contribution in [0.15, 0.2) is 59.0 Å². The first kappa shape index (κ1) is 13.9. The second-order valence-electron chi connectivity index (χ2n) is 5.10. The van der Waals surface area contributed by atoms with Gasteiger partial charge in [0.1, 0.15) is 11.3 Å². The summed E-state index contributed by atoms with van der Waals surface area (Å²) in [5.41, 5.74) is 1.78. The number of para-hydroxylation sites is 1. The molecule has 0 aliphatic carbocycles. The Kier molecular flexibility index (Phi) is 3.63. The molecule has 0 aliphatic rings. The molecule has 22 heavy (non-hydrogen) atoms. The fourth-order valence-electron chi connectivity index (χ4n) is 2.36. The van der Waals surface area contributed by atoms with E-state index in [0.717, 1.165) is 16.7 Å². The zero-order valence-corrected chi connectivity index (χ0v) is 12.1. The summed E-state index contributed by atoms with van der Waals surface area (Å²) in [7, 11) is 1.72. The first-order valence-electron chi connectivity index (χ1n) is 6.90. The lowest BCUT2D eigenvalue weighted by Crippen LogP contribution is -2.26. The van der Waals surface area contributed by atoms with Crippen LogP contribution in [0.2, 0.25) is 0 Å². The maximum Gasteiger partial charge on any atom is 0.254 e. The predicted molar refractivity (Wildman–Crippen MR) is 83.2 cm³/mol. The quantitative estimate of drug-likeness (QED) is 0.741. The normalized spacial score (nSPS) is 10.4. The van der Waals surface area contributed by atoms with Crippen LogP contribution in [0, 0.1) is 11.3 Å². The van der Waals surface area contributed by atoms with Gasteiger partial charge in [0.15, 0.2) is 0 Å². The minimum atomic E-state index is -0.141. The Morgan fingerprint density at radius 2 is 2.00 bits per heavy atom. The van der Waals surface area contributed by atoms with Crippen LogP contribution in [-0.2, 0) is 6.54 Å². The number of nitriles is 1. The Bertz CT molecular complexity index is 841. The van der Waals surface area contributed by atoms with Crippen molar-refractivity contribution in [3.05, 3.63) is 71.5 Å². The number of nitrogens with zero attached hydrogens (tertiary/aromatic N) is 2. The first-order valence-corrected chi connectivity index (χ1v) is 6.90. The van der Waals surface area contributed by atoms with Gasteiger partial charge in [0, 0.05) is 18.0 Å². The van der Waals surface area contributed by atoms with Gasteiger partial charge in [0.2, 0.25) is 0 Å². The van der Waals surface area contributed by atoms with E-state index < -0.39 is 0 Å². The molecule has 0 N–H and O–H groups in total. The second kappa shape index (κ2) is 5.74. The maximum atomic E-state index is 12.4. The van der Waals surface area contributed by atoms with Crippen molar-refractivity contribution in [3.8, 4) is 6.07 Å². The van der Waals surface area contributed by atoms with Crippen LogP contribution in [0.5, 0.6) is 0 Å². The Balaban J connectivity index is 1.79. The number of benzene rings is 2. The largest absolute Gasteiger partial charge is 0.459 e. The van der Waals surface area contributed by atoms with E-state index in [9.17, 15) is 4.79 Å². The number of rotatable bonds is 3. The Morgan fingerprint density at radius 3 is 2.77 bits per heavy atom. The van der Waals surface area contributed by atoms with Crippen molar-refractivity contribution in [2.45, 2.75) is 6.54 Å². The fourth-order valence-corrected chi connectivity index (χ4v) is 2.36. The molecule has 0 saturated carbocycles. The third-order valence-corrected chi connectivity index (χ3v) is 3.45. The summed E-state index contributed by atoms with van der Waals surface area (Å²) in [6, 6.07) is 18.4. The van der Waals surface area contributed by atoms with Gasteiger partial charge >= 0.3 is 0 Å². The number of carbonyl (C=O) groups is 1. The summed E-state index contributed by atoms with van der Waals surface area (Å²) in [5.74, 6) is 0.589. The lowest BCUT2D eigenvalue weighted by molar-refractivity contribution is 0.0776. The topological polar surface area (TPSA) is 57.2 Å². The highest BCUT2D eigenvalue weighted by atomic mass is 16.3. The third kappa shape index (κ3) is 2.70. The number of carbonyl (C=O) groups excluding carboxylic acids is 1. The van der Waals surface area contributed by atoms with Crippen LogP contribution in [0.3, 0.4) is 0 Å². The van der Waals surface area contributed by atoms with Crippen LogP contribution in [0.25, 0.3) is 11.0 Å². The Hall–Kier alpha value is -3.06. The van der Waals surface area contributed by atoms with Gasteiger partial charge in [-0.15, -0.1) is 0 Å². The van der Waals surface area contributed by atoms with Crippen molar-refractivity contribution in [3.63, 3.8) is 0 Å². The summed E-state index contributed by atoms with van der Waals surface area (Å²) in [6.07, 6.45) is 0. The molecule has 1 heterocycles. The van der Waals surface area contributed by atoms with Crippen LogP contribution < -0.4 is 0 Å². The van der Waals surface area contributed by atoms with E-state index in [1.165, 1.54) is 0 Å². The lowest BCUT2D eigenvalue weighted by atomic mass is 10.1. The smallest absolute Gasteiger partial charge is 0.254 e. The summed E-state index contributed by atoms with van der Waals surface area (Å²) in [4.78, 5) is 14.0. The van der Waals surface area contributed by atoms with Crippen LogP contribution in [0.1, 0.15) is 21.7 Å². The minimum absolute atomic E-state index is 0.141. The van der Waals surface area contributed by atoms with Gasteiger partial charge < -0.3 is 9.32 Å². The summed E-state index contributed by atoms with van der Waals surface area (Å²) < 4.78 is 5.72. The number of fused-ring (bicyclic) bond motifs is 1. The molecule has 1 aromatic heterocycles. The van der Waals surface area contributed by atoms with Gasteiger partial charge in [-0.2, -0.15) is 5.26 Å². The molecule has 0 unspecified atom stereocenters. The fraction of sp³-hybridized carbons (Fsp3) is 0.111. The third-order valence-electron chi connectivity index (χ3n) is 3.45. The highest BCUT2D eigenvalue weighted by molar-refractivity contribution is 5.94. The number of hydrogen-bond acceptors (Lipinski definition) is 3. The molecule has 0 fully saturated rings. The van der Waals surface area contributed by atoms with Crippen molar-refractivity contribution < 1.29 is 9.21 Å². The lowest BCUT2D eigenvalue weighted by Gasteiger charge is -2.15. The van der Waals surface area contributed by atoms with E-state index in [1.807, 2.05) is 36.4 Å².